The van der Waals surface area contributed by atoms with Crippen LogP contribution in [-0.2, 0) is 33.1 Å². The van der Waals surface area contributed by atoms with E-state index in [9.17, 15) is 35.6 Å². The Hall–Kier alpha value is -3.74. The largest absolute Gasteiger partial charge is 0.339 e. The summed E-state index contributed by atoms with van der Waals surface area (Å²) in [6.07, 6.45) is 1.38. The Kier molecular flexibility index (Phi) is 5.43. The van der Waals surface area contributed by atoms with Gasteiger partial charge in [-0.3, -0.25) is 14.3 Å². The molecule has 3 aromatic rings. The van der Waals surface area contributed by atoms with Gasteiger partial charge >= 0.3 is 0 Å². The molecule has 0 radical (unpaired) electrons. The number of nitrogens with zero attached hydrogens (tertiary/aromatic N) is 2. The van der Waals surface area contributed by atoms with Crippen molar-refractivity contribution in [2.24, 2.45) is 0 Å². The molecule has 1 aliphatic heterocycles. The van der Waals surface area contributed by atoms with Gasteiger partial charge < -0.3 is 10.6 Å². The summed E-state index contributed by atoms with van der Waals surface area (Å²) in [5, 5.41) is 9.44. The molecule has 1 atom stereocenters. The summed E-state index contributed by atoms with van der Waals surface area (Å²) < 4.78 is 80.5. The lowest BCUT2D eigenvalue weighted by Crippen LogP contribution is -2.53. The molecule has 0 unspecified atom stereocenters. The quantitative estimate of drug-likeness (QED) is 0.512. The van der Waals surface area contributed by atoms with Crippen LogP contribution in [0, 0.1) is 23.3 Å². The van der Waals surface area contributed by atoms with Crippen LogP contribution < -0.4 is 10.6 Å². The lowest BCUT2D eigenvalue weighted by molar-refractivity contribution is -0.113. The first-order chi connectivity index (χ1) is 16.9. The second kappa shape index (κ2) is 8.15. The first kappa shape index (κ1) is 24.0. The third-order valence-corrected chi connectivity index (χ3v) is 7.01. The number of benzene rings is 2. The van der Waals surface area contributed by atoms with Crippen LogP contribution >= 0.6 is 0 Å². The molecule has 2 amide bonds. The minimum atomic E-state index is -3.73. The summed E-state index contributed by atoms with van der Waals surface area (Å²) in [5.74, 6) is -6.56. The number of fused-ring (bicyclic) bond motifs is 3. The van der Waals surface area contributed by atoms with Gasteiger partial charge in [-0.2, -0.15) is 5.10 Å². The first-order valence-electron chi connectivity index (χ1n) is 10.7. The molecule has 5 rings (SSSR count). The molecule has 1 aromatic heterocycles. The van der Waals surface area contributed by atoms with Crippen molar-refractivity contribution in [3.8, 4) is 11.3 Å². The molecule has 8 nitrogen and oxygen atoms in total. The zero-order chi connectivity index (χ0) is 26.0. The van der Waals surface area contributed by atoms with Crippen LogP contribution in [0.5, 0.6) is 0 Å². The normalized spacial score (nSPS) is 18.6. The van der Waals surface area contributed by atoms with Gasteiger partial charge in [-0.05, 0) is 42.7 Å². The van der Waals surface area contributed by atoms with Crippen molar-refractivity contribution in [1.29, 1.82) is 0 Å². The van der Waals surface area contributed by atoms with Crippen molar-refractivity contribution in [2.75, 3.05) is 17.3 Å². The summed E-state index contributed by atoms with van der Waals surface area (Å²) in [5.41, 5.74) is -1.25. The van der Waals surface area contributed by atoms with E-state index in [1.807, 2.05) is 0 Å². The fourth-order valence-electron chi connectivity index (χ4n) is 4.87. The molecule has 2 aromatic carbocycles. The molecular weight excluding hydrogens is 504 g/mol. The van der Waals surface area contributed by atoms with Gasteiger partial charge in [-0.15, -0.1) is 0 Å². The van der Waals surface area contributed by atoms with E-state index >= 15 is 0 Å². The number of nitrogens with one attached hydrogen (secondary N) is 2. The van der Waals surface area contributed by atoms with E-state index in [1.165, 1.54) is 16.8 Å². The van der Waals surface area contributed by atoms with Crippen LogP contribution in [0.4, 0.5) is 23.2 Å². The van der Waals surface area contributed by atoms with Crippen molar-refractivity contribution in [1.82, 2.24) is 15.1 Å². The third-order valence-electron chi connectivity index (χ3n) is 6.23. The maximum Gasteiger partial charge on any atom is 0.272 e. The highest BCUT2D eigenvalue weighted by atomic mass is 32.2. The lowest BCUT2D eigenvalue weighted by Gasteiger charge is -2.36. The number of aromatic nitrogens is 2. The van der Waals surface area contributed by atoms with E-state index < -0.39 is 56.2 Å². The predicted molar refractivity (Wildman–Crippen MR) is 120 cm³/mol. The average Bonchev–Trinajstić information content (AvgIpc) is 3.27. The number of hydrogen-bond donors (Lipinski definition) is 2. The van der Waals surface area contributed by atoms with Gasteiger partial charge in [0.05, 0.1) is 12.1 Å². The number of amides is 2. The maximum atomic E-state index is 14.8. The molecule has 188 valence electrons. The summed E-state index contributed by atoms with van der Waals surface area (Å²) in [6.45, 7) is -0.109. The number of anilines is 1. The SMILES string of the molecule is CS(=O)(=O)CC(=O)Nc1c(-c2ccc(F)c(F)c2)nn2c1C(=O)N[C@@]1(CCc3cc(F)cc(F)c31)C2. The van der Waals surface area contributed by atoms with Crippen LogP contribution in [0.25, 0.3) is 11.3 Å². The highest BCUT2D eigenvalue weighted by Crippen LogP contribution is 2.44. The molecule has 2 heterocycles. The Morgan fingerprint density at radius 2 is 1.89 bits per heavy atom. The number of carbonyl (C=O) groups is 2. The van der Waals surface area contributed by atoms with Crippen molar-refractivity contribution in [3.05, 3.63) is 70.4 Å². The smallest absolute Gasteiger partial charge is 0.272 e. The standard InChI is InChI=1S/C23H18F4N4O4S/c1-36(34,35)9-17(32)28-20-19(12-2-3-14(25)15(26)7-12)30-31-10-23(29-22(33)21(20)31)5-4-11-6-13(24)8-16(27)18(11)23/h2-3,6-8H,4-5,9-10H2,1H3,(H,28,32)(H,29,33)/t23-/m0/s1. The first-order valence-corrected chi connectivity index (χ1v) is 12.8. The molecule has 0 fully saturated rings. The fourth-order valence-corrected chi connectivity index (χ4v) is 5.42. The van der Waals surface area contributed by atoms with Crippen LogP contribution in [0.15, 0.2) is 30.3 Å². The molecule has 13 heteroatoms. The van der Waals surface area contributed by atoms with Crippen LogP contribution in [-0.4, -0.2) is 42.0 Å². The van der Waals surface area contributed by atoms with E-state index in [-0.39, 0.29) is 47.6 Å². The highest BCUT2D eigenvalue weighted by Gasteiger charge is 2.48. The summed E-state index contributed by atoms with van der Waals surface area (Å²) in [7, 11) is -3.73. The Bertz CT molecular complexity index is 1570. The molecule has 1 spiro atoms. The zero-order valence-electron chi connectivity index (χ0n) is 18.7. The second-order valence-corrected chi connectivity index (χ2v) is 11.1. The number of sulfone groups is 1. The van der Waals surface area contributed by atoms with Crippen molar-refractivity contribution in [2.45, 2.75) is 24.9 Å². The predicted octanol–water partition coefficient (Wildman–Crippen LogP) is 2.67. The van der Waals surface area contributed by atoms with Crippen LogP contribution in [0.3, 0.4) is 0 Å². The molecule has 2 N–H and O–H groups in total. The lowest BCUT2D eigenvalue weighted by atomic mass is 9.89. The summed E-state index contributed by atoms with van der Waals surface area (Å²) in [6, 6.07) is 4.75. The maximum absolute atomic E-state index is 14.8. The topological polar surface area (TPSA) is 110 Å². The molecule has 2 aliphatic rings. The number of carbonyl (C=O) groups excluding carboxylic acids is 2. The number of aryl methyl sites for hydroxylation is 1. The van der Waals surface area contributed by atoms with Gasteiger partial charge in [0.1, 0.15) is 28.8 Å². The second-order valence-electron chi connectivity index (χ2n) is 8.93. The molecule has 36 heavy (non-hydrogen) atoms. The molecule has 1 aliphatic carbocycles. The number of hydrogen-bond acceptors (Lipinski definition) is 5. The van der Waals surface area contributed by atoms with Gasteiger partial charge in [0.25, 0.3) is 5.91 Å². The Labute approximate surface area is 202 Å². The van der Waals surface area contributed by atoms with Crippen LogP contribution in [0.1, 0.15) is 28.0 Å². The van der Waals surface area contributed by atoms with E-state index in [0.29, 0.717) is 5.56 Å². The summed E-state index contributed by atoms with van der Waals surface area (Å²) in [4.78, 5) is 25.8. The number of rotatable bonds is 4. The average molecular weight is 522 g/mol. The molecule has 0 saturated carbocycles. The van der Waals surface area contributed by atoms with Gasteiger partial charge in [0.2, 0.25) is 5.91 Å². The van der Waals surface area contributed by atoms with E-state index in [4.69, 9.17) is 0 Å². The summed E-state index contributed by atoms with van der Waals surface area (Å²) >= 11 is 0. The molecule has 0 saturated heterocycles. The highest BCUT2D eigenvalue weighted by molar-refractivity contribution is 7.91. The van der Waals surface area contributed by atoms with Crippen molar-refractivity contribution < 1.29 is 35.6 Å². The molecular formula is C23H18F4N4O4S. The van der Waals surface area contributed by atoms with E-state index in [0.717, 1.165) is 24.5 Å². The Morgan fingerprint density at radius 3 is 2.58 bits per heavy atom. The minimum Gasteiger partial charge on any atom is -0.339 e. The Morgan fingerprint density at radius 1 is 1.14 bits per heavy atom. The zero-order valence-corrected chi connectivity index (χ0v) is 19.5. The van der Waals surface area contributed by atoms with Crippen molar-refractivity contribution in [3.63, 3.8) is 0 Å². The third kappa shape index (κ3) is 4.02. The van der Waals surface area contributed by atoms with Gasteiger partial charge in [-0.25, -0.2) is 26.0 Å². The van der Waals surface area contributed by atoms with Crippen LogP contribution in [0.2, 0.25) is 0 Å². The van der Waals surface area contributed by atoms with Gasteiger partial charge in [0, 0.05) is 23.4 Å². The van der Waals surface area contributed by atoms with E-state index in [1.54, 1.807) is 0 Å². The minimum absolute atomic E-state index is 0.00683. The Balaban J connectivity index is 1.64. The number of halogens is 4. The van der Waals surface area contributed by atoms with Gasteiger partial charge in [0.15, 0.2) is 27.2 Å². The van der Waals surface area contributed by atoms with E-state index in [2.05, 4.69) is 15.7 Å². The fraction of sp³-hybridized carbons (Fsp3) is 0.261. The van der Waals surface area contributed by atoms with Crippen molar-refractivity contribution >= 4 is 27.3 Å². The molecule has 0 bridgehead atoms. The van der Waals surface area contributed by atoms with Gasteiger partial charge in [-0.1, -0.05) is 0 Å². The monoisotopic (exact) mass is 522 g/mol.